The van der Waals surface area contributed by atoms with Crippen molar-refractivity contribution >= 4 is 41.0 Å². The minimum Gasteiger partial charge on any atom is -0.495 e. The van der Waals surface area contributed by atoms with Crippen LogP contribution in [0.4, 0.5) is 5.69 Å². The number of nitrogens with one attached hydrogen (secondary N) is 1. The number of carbonyl (C=O) groups excluding carboxylic acids is 4. The number of benzene rings is 2. The lowest BCUT2D eigenvalue weighted by Crippen LogP contribution is -2.49. The van der Waals surface area contributed by atoms with Gasteiger partial charge in [0.25, 0.3) is 17.7 Å². The van der Waals surface area contributed by atoms with Crippen LogP contribution in [0.15, 0.2) is 42.5 Å². The molecular formula is C22H21ClN2O6. The van der Waals surface area contributed by atoms with Gasteiger partial charge in [0, 0.05) is 5.02 Å². The van der Waals surface area contributed by atoms with Gasteiger partial charge in [0.15, 0.2) is 6.61 Å². The maximum atomic E-state index is 12.8. The number of rotatable bonds is 7. The number of methoxy groups -OCH3 is 1. The molecule has 1 aliphatic heterocycles. The molecular weight excluding hydrogens is 424 g/mol. The molecule has 1 N–H and O–H groups in total. The molecule has 8 nitrogen and oxygen atoms in total. The summed E-state index contributed by atoms with van der Waals surface area (Å²) in [7, 11) is 1.44. The van der Waals surface area contributed by atoms with E-state index in [0.29, 0.717) is 16.5 Å². The predicted octanol–water partition coefficient (Wildman–Crippen LogP) is 3.15. The molecule has 0 saturated heterocycles. The van der Waals surface area contributed by atoms with Crippen molar-refractivity contribution in [3.63, 3.8) is 0 Å². The van der Waals surface area contributed by atoms with Gasteiger partial charge in [-0.3, -0.25) is 19.3 Å². The van der Waals surface area contributed by atoms with E-state index < -0.39 is 42.3 Å². The summed E-state index contributed by atoms with van der Waals surface area (Å²) in [6.07, 6.45) is 0. The van der Waals surface area contributed by atoms with Gasteiger partial charge in [-0.25, -0.2) is 4.79 Å². The van der Waals surface area contributed by atoms with Gasteiger partial charge in [0.05, 0.1) is 23.9 Å². The highest BCUT2D eigenvalue weighted by atomic mass is 35.5. The van der Waals surface area contributed by atoms with Crippen LogP contribution in [-0.4, -0.2) is 48.3 Å². The molecule has 3 rings (SSSR count). The Hall–Kier alpha value is -3.39. The third-order valence-electron chi connectivity index (χ3n) is 4.76. The Morgan fingerprint density at radius 3 is 2.23 bits per heavy atom. The normalized spacial score (nSPS) is 13.8. The van der Waals surface area contributed by atoms with Crippen molar-refractivity contribution in [3.8, 4) is 5.75 Å². The maximum Gasteiger partial charge on any atom is 0.330 e. The molecule has 162 valence electrons. The SMILES string of the molecule is COc1ccc(Cl)cc1NC(=O)COC(=O)C(C(C)C)N1C(=O)c2ccccc2C1=O. The van der Waals surface area contributed by atoms with Crippen LogP contribution in [0, 0.1) is 5.92 Å². The van der Waals surface area contributed by atoms with Crippen molar-refractivity contribution in [3.05, 3.63) is 58.6 Å². The number of imide groups is 1. The summed E-state index contributed by atoms with van der Waals surface area (Å²) < 4.78 is 10.3. The first-order valence-electron chi connectivity index (χ1n) is 9.51. The molecule has 0 bridgehead atoms. The number of nitrogens with zero attached hydrogens (tertiary/aromatic N) is 1. The van der Waals surface area contributed by atoms with Gasteiger partial charge < -0.3 is 14.8 Å². The second-order valence-corrected chi connectivity index (χ2v) is 7.65. The molecule has 3 amide bonds. The Balaban J connectivity index is 1.70. The highest BCUT2D eigenvalue weighted by Gasteiger charge is 2.44. The molecule has 0 saturated carbocycles. The Bertz CT molecular complexity index is 1020. The number of hydrogen-bond donors (Lipinski definition) is 1. The highest BCUT2D eigenvalue weighted by molar-refractivity contribution is 6.31. The largest absolute Gasteiger partial charge is 0.495 e. The average Bonchev–Trinajstić information content (AvgIpc) is 2.98. The van der Waals surface area contributed by atoms with E-state index in [-0.39, 0.29) is 11.1 Å². The van der Waals surface area contributed by atoms with Gasteiger partial charge >= 0.3 is 5.97 Å². The molecule has 9 heteroatoms. The number of esters is 1. The zero-order valence-electron chi connectivity index (χ0n) is 17.2. The predicted molar refractivity (Wildman–Crippen MR) is 113 cm³/mol. The third kappa shape index (κ3) is 4.54. The van der Waals surface area contributed by atoms with E-state index in [0.717, 1.165) is 4.90 Å². The first kappa shape index (κ1) is 22.3. The van der Waals surface area contributed by atoms with E-state index in [9.17, 15) is 19.2 Å². The molecule has 1 heterocycles. The second-order valence-electron chi connectivity index (χ2n) is 7.22. The summed E-state index contributed by atoms with van der Waals surface area (Å²) in [5, 5.41) is 2.94. The third-order valence-corrected chi connectivity index (χ3v) is 4.99. The number of amides is 3. The van der Waals surface area contributed by atoms with Gasteiger partial charge in [0.2, 0.25) is 0 Å². The summed E-state index contributed by atoms with van der Waals surface area (Å²) in [5.74, 6) is -2.65. The average molecular weight is 445 g/mol. The fourth-order valence-corrected chi connectivity index (χ4v) is 3.49. The van der Waals surface area contributed by atoms with Crippen LogP contribution < -0.4 is 10.1 Å². The lowest BCUT2D eigenvalue weighted by molar-refractivity contribution is -0.152. The number of anilines is 1. The molecule has 1 unspecified atom stereocenters. The number of carbonyl (C=O) groups is 4. The highest BCUT2D eigenvalue weighted by Crippen LogP contribution is 2.29. The number of hydrogen-bond acceptors (Lipinski definition) is 6. The summed E-state index contributed by atoms with van der Waals surface area (Å²) in [5.41, 5.74) is 0.783. The van der Waals surface area contributed by atoms with Gasteiger partial charge in [-0.05, 0) is 36.2 Å². The molecule has 0 aromatic heterocycles. The van der Waals surface area contributed by atoms with E-state index in [1.807, 2.05) is 0 Å². The number of ether oxygens (including phenoxy) is 2. The lowest BCUT2D eigenvalue weighted by Gasteiger charge is -2.27. The van der Waals surface area contributed by atoms with E-state index in [4.69, 9.17) is 21.1 Å². The molecule has 0 aliphatic carbocycles. The molecule has 2 aromatic carbocycles. The van der Waals surface area contributed by atoms with Crippen LogP contribution in [0.25, 0.3) is 0 Å². The Labute approximate surface area is 184 Å². The summed E-state index contributed by atoms with van der Waals surface area (Å²) in [4.78, 5) is 51.4. The monoisotopic (exact) mass is 444 g/mol. The zero-order valence-corrected chi connectivity index (χ0v) is 17.9. The van der Waals surface area contributed by atoms with E-state index in [1.54, 1.807) is 38.1 Å². The standard InChI is InChI=1S/C22H21ClN2O6/c1-12(2)19(25-20(27)14-6-4-5-7-15(14)21(25)28)22(29)31-11-18(26)24-16-10-13(23)8-9-17(16)30-3/h4-10,12,19H,11H2,1-3H3,(H,24,26). The molecule has 0 spiro atoms. The van der Waals surface area contributed by atoms with E-state index >= 15 is 0 Å². The van der Waals surface area contributed by atoms with Crippen LogP contribution in [0.1, 0.15) is 34.6 Å². The minimum atomic E-state index is -1.17. The zero-order chi connectivity index (χ0) is 22.7. The van der Waals surface area contributed by atoms with Crippen molar-refractivity contribution in [2.24, 2.45) is 5.92 Å². The fraction of sp³-hybridized carbons (Fsp3) is 0.273. The maximum absolute atomic E-state index is 12.8. The topological polar surface area (TPSA) is 102 Å². The molecule has 0 fully saturated rings. The van der Waals surface area contributed by atoms with Gasteiger partial charge in [-0.2, -0.15) is 0 Å². The molecule has 1 aliphatic rings. The van der Waals surface area contributed by atoms with E-state index in [1.165, 1.54) is 25.3 Å². The van der Waals surface area contributed by atoms with Gasteiger partial charge in [0.1, 0.15) is 11.8 Å². The molecule has 31 heavy (non-hydrogen) atoms. The van der Waals surface area contributed by atoms with Gasteiger partial charge in [-0.15, -0.1) is 0 Å². The van der Waals surface area contributed by atoms with Crippen LogP contribution in [0.5, 0.6) is 5.75 Å². The van der Waals surface area contributed by atoms with Crippen molar-refractivity contribution in [2.75, 3.05) is 19.0 Å². The first-order chi connectivity index (χ1) is 14.7. The Kier molecular flexibility index (Phi) is 6.60. The Morgan fingerprint density at radius 2 is 1.68 bits per heavy atom. The number of halogens is 1. The van der Waals surface area contributed by atoms with E-state index in [2.05, 4.69) is 5.32 Å². The van der Waals surface area contributed by atoms with Crippen molar-refractivity contribution in [2.45, 2.75) is 19.9 Å². The Morgan fingerprint density at radius 1 is 1.06 bits per heavy atom. The van der Waals surface area contributed by atoms with Crippen LogP contribution in [0.2, 0.25) is 5.02 Å². The van der Waals surface area contributed by atoms with Crippen molar-refractivity contribution in [1.29, 1.82) is 0 Å². The number of fused-ring (bicyclic) bond motifs is 1. The second kappa shape index (κ2) is 9.18. The quantitative estimate of drug-likeness (QED) is 0.520. The first-order valence-corrected chi connectivity index (χ1v) is 9.89. The summed E-state index contributed by atoms with van der Waals surface area (Å²) >= 11 is 5.94. The lowest BCUT2D eigenvalue weighted by atomic mass is 10.0. The van der Waals surface area contributed by atoms with Crippen LogP contribution >= 0.6 is 11.6 Å². The fourth-order valence-electron chi connectivity index (χ4n) is 3.32. The van der Waals surface area contributed by atoms with Gasteiger partial charge in [-0.1, -0.05) is 37.6 Å². The van der Waals surface area contributed by atoms with Crippen LogP contribution in [-0.2, 0) is 14.3 Å². The summed E-state index contributed by atoms with van der Waals surface area (Å²) in [6.45, 7) is 2.76. The molecule has 1 atom stereocenters. The van der Waals surface area contributed by atoms with Crippen molar-refractivity contribution in [1.82, 2.24) is 4.90 Å². The molecule has 0 radical (unpaired) electrons. The summed E-state index contributed by atoms with van der Waals surface area (Å²) in [6, 6.07) is 9.87. The minimum absolute atomic E-state index is 0.233. The van der Waals surface area contributed by atoms with Crippen LogP contribution in [0.3, 0.4) is 0 Å². The smallest absolute Gasteiger partial charge is 0.330 e. The molecule has 2 aromatic rings. The van der Waals surface area contributed by atoms with Crippen molar-refractivity contribution < 1.29 is 28.7 Å².